The molecule has 0 radical (unpaired) electrons. The Labute approximate surface area is 118 Å². The highest BCUT2D eigenvalue weighted by Crippen LogP contribution is 2.27. The van der Waals surface area contributed by atoms with Crippen LogP contribution in [-0.4, -0.2) is 41.2 Å². The molecule has 0 aliphatic carbocycles. The summed E-state index contributed by atoms with van der Waals surface area (Å²) < 4.78 is 5.35. The molecule has 2 unspecified atom stereocenters. The van der Waals surface area contributed by atoms with E-state index in [4.69, 9.17) is 4.52 Å². The van der Waals surface area contributed by atoms with Gasteiger partial charge in [-0.1, -0.05) is 23.4 Å². The zero-order valence-corrected chi connectivity index (χ0v) is 11.3. The fraction of sp³-hybridized carbons (Fsp3) is 0.467. The molecule has 0 spiro atoms. The van der Waals surface area contributed by atoms with E-state index in [2.05, 4.69) is 20.4 Å². The third kappa shape index (κ3) is 2.23. The molecule has 0 saturated carbocycles. The van der Waals surface area contributed by atoms with E-state index in [1.165, 1.54) is 0 Å². The van der Waals surface area contributed by atoms with Gasteiger partial charge < -0.3 is 9.84 Å². The summed E-state index contributed by atoms with van der Waals surface area (Å²) in [5.74, 6) is 3.00. The lowest BCUT2D eigenvalue weighted by Gasteiger charge is -2.13. The zero-order chi connectivity index (χ0) is 13.4. The molecule has 3 heterocycles. The fourth-order valence-corrected chi connectivity index (χ4v) is 3.30. The summed E-state index contributed by atoms with van der Waals surface area (Å²) in [5.41, 5.74) is 0.980. The predicted octanol–water partition coefficient (Wildman–Crippen LogP) is 1.39. The van der Waals surface area contributed by atoms with Crippen LogP contribution in [0.5, 0.6) is 0 Å². The molecule has 0 amide bonds. The van der Waals surface area contributed by atoms with Gasteiger partial charge in [0, 0.05) is 18.7 Å². The molecule has 20 heavy (non-hydrogen) atoms. The van der Waals surface area contributed by atoms with Gasteiger partial charge in [0.2, 0.25) is 0 Å². The van der Waals surface area contributed by atoms with Crippen molar-refractivity contribution in [2.75, 3.05) is 26.2 Å². The quantitative estimate of drug-likeness (QED) is 0.913. The summed E-state index contributed by atoms with van der Waals surface area (Å²) in [7, 11) is 0. The molecule has 2 saturated heterocycles. The van der Waals surface area contributed by atoms with Crippen LogP contribution in [0.2, 0.25) is 0 Å². The highest BCUT2D eigenvalue weighted by atomic mass is 16.5. The highest BCUT2D eigenvalue weighted by molar-refractivity contribution is 5.51. The number of nitrogens with one attached hydrogen (secondary N) is 1. The number of hydrogen-bond acceptors (Lipinski definition) is 5. The fourth-order valence-electron chi connectivity index (χ4n) is 3.30. The Morgan fingerprint density at radius 1 is 1.15 bits per heavy atom. The number of aromatic nitrogens is 2. The summed E-state index contributed by atoms with van der Waals surface area (Å²) in [6.45, 7) is 5.40. The number of benzene rings is 1. The molecule has 2 aliphatic rings. The third-order valence-corrected chi connectivity index (χ3v) is 4.32. The minimum atomic E-state index is 0.613. The van der Waals surface area contributed by atoms with Crippen LogP contribution in [0.3, 0.4) is 0 Å². The lowest BCUT2D eigenvalue weighted by atomic mass is 10.0. The lowest BCUT2D eigenvalue weighted by molar-refractivity contribution is 0.291. The third-order valence-electron chi connectivity index (χ3n) is 4.32. The van der Waals surface area contributed by atoms with Gasteiger partial charge in [0.05, 0.1) is 6.54 Å². The molecule has 5 heteroatoms. The molecule has 2 atom stereocenters. The number of fused-ring (bicyclic) bond motifs is 1. The Hall–Kier alpha value is -1.72. The van der Waals surface area contributed by atoms with Gasteiger partial charge in [-0.05, 0) is 37.1 Å². The first-order chi connectivity index (χ1) is 9.88. The maximum Gasteiger partial charge on any atom is 0.257 e. The van der Waals surface area contributed by atoms with Gasteiger partial charge in [-0.25, -0.2) is 0 Å². The van der Waals surface area contributed by atoms with E-state index in [0.29, 0.717) is 5.89 Å². The van der Waals surface area contributed by atoms with Crippen LogP contribution in [0, 0.1) is 11.8 Å². The molecule has 0 bridgehead atoms. The van der Waals surface area contributed by atoms with E-state index in [1.54, 1.807) is 0 Å². The second-order valence-electron chi connectivity index (χ2n) is 5.75. The van der Waals surface area contributed by atoms with Crippen LogP contribution in [0.25, 0.3) is 11.5 Å². The van der Waals surface area contributed by atoms with Crippen LogP contribution >= 0.6 is 0 Å². The lowest BCUT2D eigenvalue weighted by Crippen LogP contribution is -2.25. The first-order valence-electron chi connectivity index (χ1n) is 7.19. The van der Waals surface area contributed by atoms with E-state index >= 15 is 0 Å². The summed E-state index contributed by atoms with van der Waals surface area (Å²) in [4.78, 5) is 6.94. The Bertz CT molecular complexity index is 571. The molecule has 1 N–H and O–H groups in total. The maximum atomic E-state index is 5.35. The van der Waals surface area contributed by atoms with Crippen LogP contribution in [-0.2, 0) is 6.54 Å². The van der Waals surface area contributed by atoms with Crippen molar-refractivity contribution in [3.05, 3.63) is 36.2 Å². The summed E-state index contributed by atoms with van der Waals surface area (Å²) in [5, 5.41) is 7.56. The molecular weight excluding hydrogens is 252 g/mol. The molecule has 2 aliphatic heterocycles. The zero-order valence-electron chi connectivity index (χ0n) is 11.3. The normalized spacial score (nSPS) is 26.0. The van der Waals surface area contributed by atoms with Crippen molar-refractivity contribution < 1.29 is 4.52 Å². The van der Waals surface area contributed by atoms with E-state index in [-0.39, 0.29) is 0 Å². The van der Waals surface area contributed by atoms with E-state index in [0.717, 1.165) is 55.9 Å². The average Bonchev–Trinajstić information content (AvgIpc) is 3.16. The van der Waals surface area contributed by atoms with Crippen LogP contribution < -0.4 is 5.32 Å². The predicted molar refractivity (Wildman–Crippen MR) is 74.9 cm³/mol. The molecular formula is C15H18N4O. The van der Waals surface area contributed by atoms with Crippen LogP contribution in [0.4, 0.5) is 0 Å². The van der Waals surface area contributed by atoms with Crippen molar-refractivity contribution in [2.24, 2.45) is 11.8 Å². The molecule has 4 rings (SSSR count). The molecule has 2 fully saturated rings. The van der Waals surface area contributed by atoms with E-state index in [1.807, 2.05) is 30.3 Å². The molecule has 1 aromatic heterocycles. The van der Waals surface area contributed by atoms with Gasteiger partial charge in [-0.3, -0.25) is 4.90 Å². The standard InChI is InChI=1S/C15H18N4O/c1-2-4-11(5-3-1)15-17-14(18-20-15)10-19-8-12-6-16-7-13(12)9-19/h1-5,12-13,16H,6-10H2. The van der Waals surface area contributed by atoms with Gasteiger partial charge in [-0.2, -0.15) is 4.98 Å². The average molecular weight is 270 g/mol. The number of nitrogens with zero attached hydrogens (tertiary/aromatic N) is 3. The number of hydrogen-bond donors (Lipinski definition) is 1. The monoisotopic (exact) mass is 270 g/mol. The van der Waals surface area contributed by atoms with E-state index < -0.39 is 0 Å². The highest BCUT2D eigenvalue weighted by Gasteiger charge is 2.36. The van der Waals surface area contributed by atoms with E-state index in [9.17, 15) is 0 Å². The Morgan fingerprint density at radius 3 is 2.65 bits per heavy atom. The van der Waals surface area contributed by atoms with Crippen molar-refractivity contribution in [1.29, 1.82) is 0 Å². The molecule has 2 aromatic rings. The topological polar surface area (TPSA) is 54.2 Å². The second-order valence-corrected chi connectivity index (χ2v) is 5.75. The van der Waals surface area contributed by atoms with Gasteiger partial charge in [0.15, 0.2) is 5.82 Å². The Morgan fingerprint density at radius 2 is 1.90 bits per heavy atom. The Kier molecular flexibility index (Phi) is 3.01. The summed E-state index contributed by atoms with van der Waals surface area (Å²) in [6.07, 6.45) is 0. The van der Waals surface area contributed by atoms with Gasteiger partial charge in [0.25, 0.3) is 5.89 Å². The van der Waals surface area contributed by atoms with Crippen molar-refractivity contribution in [3.8, 4) is 11.5 Å². The van der Waals surface area contributed by atoms with Crippen molar-refractivity contribution >= 4 is 0 Å². The first-order valence-corrected chi connectivity index (χ1v) is 7.19. The summed E-state index contributed by atoms with van der Waals surface area (Å²) in [6, 6.07) is 9.92. The first kappa shape index (κ1) is 12.1. The molecule has 1 aromatic carbocycles. The van der Waals surface area contributed by atoms with Crippen molar-refractivity contribution in [2.45, 2.75) is 6.54 Å². The maximum absolute atomic E-state index is 5.35. The summed E-state index contributed by atoms with van der Waals surface area (Å²) >= 11 is 0. The number of likely N-dealkylation sites (tertiary alicyclic amines) is 1. The van der Waals surface area contributed by atoms with Gasteiger partial charge >= 0.3 is 0 Å². The molecule has 104 valence electrons. The largest absolute Gasteiger partial charge is 0.334 e. The number of rotatable bonds is 3. The van der Waals surface area contributed by atoms with Crippen molar-refractivity contribution in [1.82, 2.24) is 20.4 Å². The van der Waals surface area contributed by atoms with Gasteiger partial charge in [-0.15, -0.1) is 0 Å². The Balaban J connectivity index is 1.44. The van der Waals surface area contributed by atoms with Crippen molar-refractivity contribution in [3.63, 3.8) is 0 Å². The second kappa shape index (κ2) is 5.00. The van der Waals surface area contributed by atoms with Crippen LogP contribution in [0.15, 0.2) is 34.9 Å². The minimum absolute atomic E-state index is 0.613. The molecule has 5 nitrogen and oxygen atoms in total. The SMILES string of the molecule is c1ccc(-c2nc(CN3CC4CNCC4C3)no2)cc1. The van der Waals surface area contributed by atoms with Gasteiger partial charge in [0.1, 0.15) is 0 Å². The van der Waals surface area contributed by atoms with Crippen LogP contribution in [0.1, 0.15) is 5.82 Å². The minimum Gasteiger partial charge on any atom is -0.334 e. The smallest absolute Gasteiger partial charge is 0.257 e.